The van der Waals surface area contributed by atoms with Gasteiger partial charge >= 0.3 is 11.9 Å². The summed E-state index contributed by atoms with van der Waals surface area (Å²) >= 11 is 0. The standard InChI is InChI=1S/C52H104O4P2/c1-7-13-19-25-31-37-45-57(46-38-32-26-20-14-8-2,47-39-33-27-21-15-9-3)55-51(53)43-44-52(54)56-58(48-40-34-28-22-16-10-4,49-41-35-29-23-17-11-5)50-42-36-30-24-18-12-6/h43-44H,7-42,45-50H2,1-6H3/q+2/b44-43-. The predicted octanol–water partition coefficient (Wildman–Crippen LogP) is 18.7. The van der Waals surface area contributed by atoms with Crippen molar-refractivity contribution in [2.75, 3.05) is 37.0 Å². The fourth-order valence-corrected chi connectivity index (χ4v) is 16.2. The van der Waals surface area contributed by atoms with E-state index in [-0.39, 0.29) is 11.9 Å². The molecule has 0 amide bonds. The van der Waals surface area contributed by atoms with Crippen LogP contribution in [0.15, 0.2) is 12.2 Å². The van der Waals surface area contributed by atoms with Crippen molar-refractivity contribution in [3.63, 3.8) is 0 Å². The fourth-order valence-electron chi connectivity index (χ4n) is 8.61. The summed E-state index contributed by atoms with van der Waals surface area (Å²) < 4.78 is 13.4. The molecule has 0 spiro atoms. The Balaban J connectivity index is 6.10. The van der Waals surface area contributed by atoms with Gasteiger partial charge in [-0.2, -0.15) is 0 Å². The van der Waals surface area contributed by atoms with Gasteiger partial charge in [-0.15, -0.1) is 0 Å². The lowest BCUT2D eigenvalue weighted by Gasteiger charge is -2.26. The highest BCUT2D eigenvalue weighted by Gasteiger charge is 2.42. The first-order chi connectivity index (χ1) is 28.4. The van der Waals surface area contributed by atoms with Gasteiger partial charge in [0.2, 0.25) is 0 Å². The van der Waals surface area contributed by atoms with Gasteiger partial charge in [0.25, 0.3) is 0 Å². The highest BCUT2D eigenvalue weighted by molar-refractivity contribution is 7.72. The molecule has 0 bridgehead atoms. The molecule has 0 aromatic rings. The van der Waals surface area contributed by atoms with Gasteiger partial charge in [-0.05, 0) is 77.0 Å². The van der Waals surface area contributed by atoms with E-state index in [9.17, 15) is 9.59 Å². The van der Waals surface area contributed by atoms with Crippen molar-refractivity contribution in [1.82, 2.24) is 0 Å². The molecule has 0 aliphatic carbocycles. The second-order valence-electron chi connectivity index (χ2n) is 18.2. The summed E-state index contributed by atoms with van der Waals surface area (Å²) in [5.74, 6) is -0.583. The third-order valence-electron chi connectivity index (χ3n) is 12.4. The van der Waals surface area contributed by atoms with E-state index in [1.165, 1.54) is 205 Å². The van der Waals surface area contributed by atoms with Gasteiger partial charge in [-0.1, -0.05) is 196 Å². The Morgan fingerprint density at radius 3 is 0.603 bits per heavy atom. The number of carbonyl (C=O) groups excluding carboxylic acids is 2. The summed E-state index contributed by atoms with van der Waals surface area (Å²) in [5.41, 5.74) is 0. The zero-order chi connectivity index (χ0) is 42.7. The minimum atomic E-state index is -1.95. The van der Waals surface area contributed by atoms with E-state index in [1.54, 1.807) is 0 Å². The highest BCUT2D eigenvalue weighted by Crippen LogP contribution is 2.63. The average Bonchev–Trinajstić information content (AvgIpc) is 3.22. The molecule has 4 nitrogen and oxygen atoms in total. The maximum atomic E-state index is 13.9. The van der Waals surface area contributed by atoms with Gasteiger partial charge in [0.05, 0.1) is 37.0 Å². The molecule has 0 heterocycles. The zero-order valence-electron chi connectivity index (χ0n) is 40.4. The van der Waals surface area contributed by atoms with Crippen LogP contribution in [-0.2, 0) is 18.6 Å². The Kier molecular flexibility index (Phi) is 42.9. The largest absolute Gasteiger partial charge is 0.373 e. The van der Waals surface area contributed by atoms with Crippen molar-refractivity contribution >= 4 is 26.9 Å². The molecular weight excluding hydrogens is 751 g/mol. The number of rotatable bonds is 46. The average molecular weight is 855 g/mol. The smallest absolute Gasteiger partial charge is 0.309 e. The first-order valence-corrected chi connectivity index (χ1v) is 30.8. The van der Waals surface area contributed by atoms with Crippen molar-refractivity contribution in [1.29, 1.82) is 0 Å². The monoisotopic (exact) mass is 855 g/mol. The third-order valence-corrected chi connectivity index (χ3v) is 20.4. The molecule has 0 atom stereocenters. The van der Waals surface area contributed by atoms with Crippen LogP contribution in [0, 0.1) is 0 Å². The van der Waals surface area contributed by atoms with Crippen LogP contribution < -0.4 is 0 Å². The lowest BCUT2D eigenvalue weighted by Crippen LogP contribution is -2.17. The van der Waals surface area contributed by atoms with Crippen molar-refractivity contribution in [3.05, 3.63) is 12.2 Å². The summed E-state index contributed by atoms with van der Waals surface area (Å²) in [6.45, 7) is 13.7. The van der Waals surface area contributed by atoms with Crippen molar-refractivity contribution in [2.45, 2.75) is 273 Å². The molecular formula is C52H104O4P2+2. The molecule has 0 aliphatic heterocycles. The lowest BCUT2D eigenvalue weighted by molar-refractivity contribution is -0.131. The summed E-state index contributed by atoms with van der Waals surface area (Å²) in [4.78, 5) is 27.7. The van der Waals surface area contributed by atoms with Crippen LogP contribution in [0.3, 0.4) is 0 Å². The van der Waals surface area contributed by atoms with Crippen LogP contribution >= 0.6 is 15.0 Å². The molecule has 0 aliphatic rings. The van der Waals surface area contributed by atoms with Gasteiger partial charge in [-0.3, -0.25) is 0 Å². The summed E-state index contributed by atoms with van der Waals surface area (Å²) in [5, 5.41) is 0. The van der Waals surface area contributed by atoms with Gasteiger partial charge in [0.15, 0.2) is 15.0 Å². The van der Waals surface area contributed by atoms with E-state index >= 15 is 0 Å². The van der Waals surface area contributed by atoms with Crippen molar-refractivity contribution in [3.8, 4) is 0 Å². The molecule has 58 heavy (non-hydrogen) atoms. The Morgan fingerprint density at radius 2 is 0.431 bits per heavy atom. The second kappa shape index (κ2) is 43.2. The number of hydrogen-bond acceptors (Lipinski definition) is 4. The molecule has 0 saturated heterocycles. The van der Waals surface area contributed by atoms with E-state index in [0.29, 0.717) is 0 Å². The van der Waals surface area contributed by atoms with Crippen LogP contribution in [0.25, 0.3) is 0 Å². The SMILES string of the molecule is CCCCCCCC[P+](CCCCCCCC)(CCCCCCCC)OC(=O)/C=C\C(=O)O[P+](CCCCCCCC)(CCCCCCCC)CCCCCCCC. The molecule has 0 unspecified atom stereocenters. The van der Waals surface area contributed by atoms with Crippen LogP contribution in [0.2, 0.25) is 0 Å². The Hall–Kier alpha value is -0.460. The summed E-state index contributed by atoms with van der Waals surface area (Å²) in [6.07, 6.45) is 54.6. The van der Waals surface area contributed by atoms with Crippen molar-refractivity contribution in [2.24, 2.45) is 0 Å². The molecule has 0 rings (SSSR count). The highest BCUT2D eigenvalue weighted by atomic mass is 31.2. The van der Waals surface area contributed by atoms with E-state index in [2.05, 4.69) is 41.5 Å². The van der Waals surface area contributed by atoms with Crippen LogP contribution in [-0.4, -0.2) is 48.9 Å². The zero-order valence-corrected chi connectivity index (χ0v) is 42.2. The quantitative estimate of drug-likeness (QED) is 0.0348. The topological polar surface area (TPSA) is 52.6 Å². The van der Waals surface area contributed by atoms with Crippen LogP contribution in [0.1, 0.15) is 273 Å². The molecule has 0 aromatic heterocycles. The maximum absolute atomic E-state index is 13.9. The number of unbranched alkanes of at least 4 members (excludes halogenated alkanes) is 30. The summed E-state index contributed by atoms with van der Waals surface area (Å²) in [6, 6.07) is 0. The van der Waals surface area contributed by atoms with Crippen LogP contribution in [0.4, 0.5) is 0 Å². The predicted molar refractivity (Wildman–Crippen MR) is 265 cm³/mol. The van der Waals surface area contributed by atoms with Crippen LogP contribution in [0.5, 0.6) is 0 Å². The molecule has 0 N–H and O–H groups in total. The third kappa shape index (κ3) is 35.2. The molecule has 0 saturated carbocycles. The van der Waals surface area contributed by atoms with Gasteiger partial charge in [0, 0.05) is 12.2 Å². The molecule has 6 heteroatoms. The molecule has 0 radical (unpaired) electrons. The van der Waals surface area contributed by atoms with Gasteiger partial charge in [-0.25, -0.2) is 9.59 Å². The van der Waals surface area contributed by atoms with Crippen molar-refractivity contribution < 1.29 is 18.6 Å². The molecule has 0 aromatic carbocycles. The first kappa shape index (κ1) is 57.5. The normalized spacial score (nSPS) is 12.2. The lowest BCUT2D eigenvalue weighted by atomic mass is 10.1. The number of hydrogen-bond donors (Lipinski definition) is 0. The minimum absolute atomic E-state index is 0.292. The van der Waals surface area contributed by atoms with E-state index < -0.39 is 15.0 Å². The molecule has 0 fully saturated rings. The van der Waals surface area contributed by atoms with E-state index in [0.717, 1.165) is 75.5 Å². The van der Waals surface area contributed by atoms with Gasteiger partial charge in [0.1, 0.15) is 0 Å². The number of carbonyl (C=O) groups is 2. The maximum Gasteiger partial charge on any atom is 0.373 e. The van der Waals surface area contributed by atoms with E-state index in [4.69, 9.17) is 9.05 Å². The second-order valence-corrected chi connectivity index (χ2v) is 25.5. The Morgan fingerprint density at radius 1 is 0.276 bits per heavy atom. The Bertz CT molecular complexity index is 767. The fraction of sp³-hybridized carbons (Fsp3) is 0.923. The van der Waals surface area contributed by atoms with Gasteiger partial charge < -0.3 is 9.05 Å². The summed E-state index contributed by atoms with van der Waals surface area (Å²) in [7, 11) is -3.89. The minimum Gasteiger partial charge on any atom is -0.309 e. The first-order valence-electron chi connectivity index (χ1n) is 26.2. The van der Waals surface area contributed by atoms with E-state index in [1.807, 2.05) is 0 Å². The molecule has 344 valence electrons. The Labute approximate surface area is 366 Å².